The second kappa shape index (κ2) is 7.71. The highest BCUT2D eigenvalue weighted by molar-refractivity contribution is 7.89. The Balaban J connectivity index is 1.69. The molecule has 1 fully saturated rings. The van der Waals surface area contributed by atoms with Crippen molar-refractivity contribution in [1.29, 1.82) is 0 Å². The van der Waals surface area contributed by atoms with Crippen LogP contribution in [0.4, 0.5) is 19.5 Å². The van der Waals surface area contributed by atoms with E-state index in [0.29, 0.717) is 24.1 Å². The fraction of sp³-hybridized carbons (Fsp3) is 0.235. The molecule has 3 aromatic rings. The standard InChI is InChI=1S/C17H14F2N4O4S2/c18-13-7-10(8-14(19)16(13)24)20-21-17-12-9-11(1-2-15(12)22-28-17)29(25,26)23-3-5-27-6-4-23/h1-2,7-9,24H,3-6H2. The van der Waals surface area contributed by atoms with Crippen molar-refractivity contribution in [2.45, 2.75) is 4.90 Å². The first-order valence-corrected chi connectivity index (χ1v) is 10.6. The zero-order valence-corrected chi connectivity index (χ0v) is 16.4. The number of aromatic nitrogens is 1. The Morgan fingerprint density at radius 3 is 2.48 bits per heavy atom. The molecule has 1 N–H and O–H groups in total. The lowest BCUT2D eigenvalue weighted by Crippen LogP contribution is -2.40. The largest absolute Gasteiger partial charge is 0.503 e. The van der Waals surface area contributed by atoms with Crippen molar-refractivity contribution in [3.8, 4) is 5.75 Å². The van der Waals surface area contributed by atoms with Crippen LogP contribution >= 0.6 is 11.5 Å². The van der Waals surface area contributed by atoms with E-state index in [-0.39, 0.29) is 28.7 Å². The van der Waals surface area contributed by atoms with Gasteiger partial charge in [-0.1, -0.05) is 0 Å². The predicted octanol–water partition coefficient (Wildman–Crippen LogP) is 3.72. The van der Waals surface area contributed by atoms with Gasteiger partial charge in [0.1, 0.15) is 0 Å². The van der Waals surface area contributed by atoms with Crippen LogP contribution in [0.5, 0.6) is 5.75 Å². The Bertz CT molecular complexity index is 1180. The van der Waals surface area contributed by atoms with Crippen LogP contribution in [0.1, 0.15) is 0 Å². The van der Waals surface area contributed by atoms with Gasteiger partial charge >= 0.3 is 0 Å². The zero-order valence-electron chi connectivity index (χ0n) is 14.7. The summed E-state index contributed by atoms with van der Waals surface area (Å²) < 4.78 is 63.3. The molecule has 1 aromatic heterocycles. The molecule has 0 bridgehead atoms. The van der Waals surface area contributed by atoms with E-state index in [1.54, 1.807) is 6.07 Å². The van der Waals surface area contributed by atoms with Crippen molar-refractivity contribution in [3.63, 3.8) is 0 Å². The van der Waals surface area contributed by atoms with Crippen LogP contribution in [0.3, 0.4) is 0 Å². The lowest BCUT2D eigenvalue weighted by Gasteiger charge is -2.26. The highest BCUT2D eigenvalue weighted by atomic mass is 32.2. The topological polar surface area (TPSA) is 104 Å². The number of ether oxygens (including phenoxy) is 1. The average molecular weight is 440 g/mol. The molecule has 29 heavy (non-hydrogen) atoms. The number of rotatable bonds is 4. The molecule has 0 radical (unpaired) electrons. The number of hydrogen-bond acceptors (Lipinski definition) is 8. The Morgan fingerprint density at radius 1 is 1.10 bits per heavy atom. The molecule has 1 aliphatic rings. The van der Waals surface area contributed by atoms with Crippen LogP contribution < -0.4 is 0 Å². The van der Waals surface area contributed by atoms with E-state index in [4.69, 9.17) is 9.84 Å². The third-order valence-corrected chi connectivity index (χ3v) is 6.95. The summed E-state index contributed by atoms with van der Waals surface area (Å²) >= 11 is 0.973. The van der Waals surface area contributed by atoms with Crippen molar-refractivity contribution in [1.82, 2.24) is 8.68 Å². The molecule has 0 saturated carbocycles. The Hall–Kier alpha value is -2.54. The maximum Gasteiger partial charge on any atom is 0.243 e. The summed E-state index contributed by atoms with van der Waals surface area (Å²) in [5.74, 6) is -3.41. The quantitative estimate of drug-likeness (QED) is 0.623. The van der Waals surface area contributed by atoms with Gasteiger partial charge in [-0.2, -0.15) is 8.68 Å². The molecule has 1 saturated heterocycles. The second-order valence-corrected chi connectivity index (χ2v) is 8.83. The molecule has 8 nitrogen and oxygen atoms in total. The molecule has 0 amide bonds. The highest BCUT2D eigenvalue weighted by Gasteiger charge is 2.27. The number of aromatic hydroxyl groups is 1. The Kier molecular flexibility index (Phi) is 5.25. The number of fused-ring (bicyclic) bond motifs is 1. The normalized spacial score (nSPS) is 16.1. The lowest BCUT2D eigenvalue weighted by molar-refractivity contribution is 0.0730. The van der Waals surface area contributed by atoms with Crippen LogP contribution in [-0.4, -0.2) is 48.5 Å². The number of morpholine rings is 1. The maximum atomic E-state index is 13.4. The molecule has 12 heteroatoms. The van der Waals surface area contributed by atoms with Crippen molar-refractivity contribution in [3.05, 3.63) is 42.0 Å². The fourth-order valence-corrected chi connectivity index (χ4v) is 4.91. The van der Waals surface area contributed by atoms with Gasteiger partial charge in [-0.3, -0.25) is 0 Å². The zero-order chi connectivity index (χ0) is 20.6. The number of sulfonamides is 1. The molecule has 0 aliphatic carbocycles. The van der Waals surface area contributed by atoms with Gasteiger partial charge in [-0.15, -0.1) is 10.2 Å². The van der Waals surface area contributed by atoms with E-state index >= 15 is 0 Å². The van der Waals surface area contributed by atoms with E-state index in [9.17, 15) is 17.2 Å². The van der Waals surface area contributed by atoms with Crippen LogP contribution in [0.25, 0.3) is 10.9 Å². The summed E-state index contributed by atoms with van der Waals surface area (Å²) in [4.78, 5) is 0.0882. The summed E-state index contributed by atoms with van der Waals surface area (Å²) in [6.07, 6.45) is 0. The van der Waals surface area contributed by atoms with Gasteiger partial charge in [0, 0.05) is 30.6 Å². The molecule has 0 atom stereocenters. The van der Waals surface area contributed by atoms with Crippen molar-refractivity contribution >= 4 is 43.1 Å². The number of nitrogens with zero attached hydrogens (tertiary/aromatic N) is 4. The smallest absolute Gasteiger partial charge is 0.243 e. The van der Waals surface area contributed by atoms with Gasteiger partial charge in [0.25, 0.3) is 0 Å². The SMILES string of the molecule is O=S(=O)(c1ccc2nsc(N=Nc3cc(F)c(O)c(F)c3)c2c1)N1CCOCC1. The maximum absolute atomic E-state index is 13.4. The first-order valence-electron chi connectivity index (χ1n) is 8.43. The summed E-state index contributed by atoms with van der Waals surface area (Å²) in [6, 6.07) is 6.16. The van der Waals surface area contributed by atoms with E-state index < -0.39 is 27.4 Å². The van der Waals surface area contributed by atoms with Gasteiger partial charge < -0.3 is 9.84 Å². The molecule has 4 rings (SSSR count). The number of benzene rings is 2. The van der Waals surface area contributed by atoms with E-state index in [2.05, 4.69) is 14.6 Å². The summed E-state index contributed by atoms with van der Waals surface area (Å²) in [5, 5.41) is 17.6. The van der Waals surface area contributed by atoms with Crippen LogP contribution in [-0.2, 0) is 14.8 Å². The first kappa shape index (κ1) is 19.8. The van der Waals surface area contributed by atoms with Crippen molar-refractivity contribution in [2.24, 2.45) is 10.2 Å². The average Bonchev–Trinajstić information content (AvgIpc) is 3.13. The van der Waals surface area contributed by atoms with Crippen molar-refractivity contribution < 1.29 is 27.0 Å². The minimum atomic E-state index is -3.70. The van der Waals surface area contributed by atoms with Gasteiger partial charge in [0.05, 0.1) is 29.3 Å². The Labute approximate surface area is 168 Å². The third kappa shape index (κ3) is 3.83. The third-order valence-electron chi connectivity index (χ3n) is 4.29. The molecule has 0 unspecified atom stereocenters. The summed E-state index contributed by atoms with van der Waals surface area (Å²) in [6.45, 7) is 1.21. The van der Waals surface area contributed by atoms with Gasteiger partial charge in [-0.05, 0) is 29.7 Å². The summed E-state index contributed by atoms with van der Waals surface area (Å²) in [5.41, 5.74) is 0.379. The minimum Gasteiger partial charge on any atom is -0.503 e. The van der Waals surface area contributed by atoms with Gasteiger partial charge in [0.2, 0.25) is 10.0 Å². The van der Waals surface area contributed by atoms with Gasteiger partial charge in [-0.25, -0.2) is 17.2 Å². The van der Waals surface area contributed by atoms with E-state index in [1.165, 1.54) is 16.4 Å². The summed E-state index contributed by atoms with van der Waals surface area (Å²) in [7, 11) is -3.70. The van der Waals surface area contributed by atoms with Crippen molar-refractivity contribution in [2.75, 3.05) is 26.3 Å². The number of azo groups is 1. The number of phenolic OH excluding ortho intramolecular Hbond substituents is 1. The molecule has 2 aromatic carbocycles. The molecule has 2 heterocycles. The molecule has 152 valence electrons. The van der Waals surface area contributed by atoms with Crippen LogP contribution in [0, 0.1) is 11.6 Å². The van der Waals surface area contributed by atoms with Crippen LogP contribution in [0.15, 0.2) is 45.5 Å². The molecule has 1 aliphatic heterocycles. The highest BCUT2D eigenvalue weighted by Crippen LogP contribution is 2.35. The van der Waals surface area contributed by atoms with E-state index in [1.807, 2.05) is 0 Å². The first-order chi connectivity index (χ1) is 13.9. The lowest BCUT2D eigenvalue weighted by atomic mass is 10.2. The molecule has 0 spiro atoms. The molecular weight excluding hydrogens is 426 g/mol. The van der Waals surface area contributed by atoms with Gasteiger partial charge in [0.15, 0.2) is 22.4 Å². The minimum absolute atomic E-state index is 0.0882. The predicted molar refractivity (Wildman–Crippen MR) is 101 cm³/mol. The monoisotopic (exact) mass is 440 g/mol. The van der Waals surface area contributed by atoms with E-state index in [0.717, 1.165) is 23.7 Å². The fourth-order valence-electron chi connectivity index (χ4n) is 2.79. The second-order valence-electron chi connectivity index (χ2n) is 6.14. The number of hydrogen-bond donors (Lipinski definition) is 1. The van der Waals surface area contributed by atoms with Crippen LogP contribution in [0.2, 0.25) is 0 Å². The number of halogens is 2. The number of phenols is 1. The molecular formula is C17H14F2N4O4S2. The Morgan fingerprint density at radius 2 is 1.79 bits per heavy atom.